The fourth-order valence-electron chi connectivity index (χ4n) is 1.14. The Morgan fingerprint density at radius 1 is 1.38 bits per heavy atom. The van der Waals surface area contributed by atoms with Gasteiger partial charge in [-0.2, -0.15) is 0 Å². The molecule has 0 fully saturated rings. The average molecular weight is 213 g/mol. The highest BCUT2D eigenvalue weighted by Gasteiger charge is 1.99. The summed E-state index contributed by atoms with van der Waals surface area (Å²) in [5.41, 5.74) is 1.42. The summed E-state index contributed by atoms with van der Waals surface area (Å²) in [5, 5.41) is 13.3. The van der Waals surface area contributed by atoms with Crippen molar-refractivity contribution in [3.05, 3.63) is 30.6 Å². The van der Waals surface area contributed by atoms with E-state index in [-0.39, 0.29) is 0 Å². The van der Waals surface area contributed by atoms with Crippen LogP contribution in [0.15, 0.2) is 30.6 Å². The highest BCUT2D eigenvalue weighted by Crippen LogP contribution is 2.11. The van der Waals surface area contributed by atoms with Crippen LogP contribution in [0.25, 0.3) is 5.69 Å². The fraction of sp³-hybridized carbons (Fsp3) is 0. The van der Waals surface area contributed by atoms with E-state index in [0.29, 0.717) is 5.69 Å². The minimum atomic E-state index is -0.477. The Morgan fingerprint density at radius 3 is 2.69 bits per heavy atom. The van der Waals surface area contributed by atoms with Gasteiger partial charge in [-0.3, -0.25) is 4.79 Å². The summed E-state index contributed by atoms with van der Waals surface area (Å²) in [6.07, 6.45) is 6.42. The number of hydrogen-bond acceptors (Lipinski definition) is 4. The van der Waals surface area contributed by atoms with Gasteiger partial charge in [-0.1, -0.05) is 0 Å². The topological polar surface area (TPSA) is 72.7 Å². The van der Waals surface area contributed by atoms with Gasteiger partial charge in [0.2, 0.25) is 0 Å². The zero-order chi connectivity index (χ0) is 11.4. The van der Waals surface area contributed by atoms with Crippen LogP contribution in [0.3, 0.4) is 0 Å². The van der Waals surface area contributed by atoms with Crippen molar-refractivity contribution in [2.45, 2.75) is 0 Å². The van der Waals surface area contributed by atoms with Gasteiger partial charge in [0.15, 0.2) is 0 Å². The summed E-state index contributed by atoms with van der Waals surface area (Å²) < 4.78 is 1.51. The van der Waals surface area contributed by atoms with E-state index in [4.69, 9.17) is 6.42 Å². The van der Waals surface area contributed by atoms with Crippen molar-refractivity contribution in [3.63, 3.8) is 0 Å². The van der Waals surface area contributed by atoms with E-state index < -0.39 is 5.91 Å². The van der Waals surface area contributed by atoms with Gasteiger partial charge in [0.25, 0.3) is 5.91 Å². The maximum absolute atomic E-state index is 10.9. The van der Waals surface area contributed by atoms with Gasteiger partial charge >= 0.3 is 0 Å². The van der Waals surface area contributed by atoms with Crippen molar-refractivity contribution in [3.8, 4) is 18.0 Å². The number of carbonyl (C=O) groups excluding carboxylic acids is 1. The van der Waals surface area contributed by atoms with Crippen molar-refractivity contribution in [2.24, 2.45) is 0 Å². The van der Waals surface area contributed by atoms with Gasteiger partial charge in [0.1, 0.15) is 6.33 Å². The average Bonchev–Trinajstić information content (AvgIpc) is 2.83. The second-order valence-corrected chi connectivity index (χ2v) is 2.90. The number of rotatable bonds is 2. The number of hydrogen-bond donors (Lipinski definition) is 1. The number of tetrazole rings is 1. The van der Waals surface area contributed by atoms with Crippen molar-refractivity contribution < 1.29 is 4.79 Å². The van der Waals surface area contributed by atoms with Gasteiger partial charge in [0.05, 0.1) is 5.69 Å². The molecule has 0 aliphatic carbocycles. The molecule has 1 N–H and O–H groups in total. The molecule has 0 radical (unpaired) electrons. The highest BCUT2D eigenvalue weighted by molar-refractivity contribution is 6.03. The zero-order valence-corrected chi connectivity index (χ0v) is 8.16. The Balaban J connectivity index is 2.18. The van der Waals surface area contributed by atoms with E-state index in [1.165, 1.54) is 11.0 Å². The molecular formula is C10H7N5O. The molecule has 2 rings (SSSR count). The number of nitrogens with one attached hydrogen (secondary N) is 1. The molecule has 0 atom stereocenters. The SMILES string of the molecule is C#CC(=O)Nc1ccc(-n2cnnn2)cc1. The van der Waals surface area contributed by atoms with Gasteiger partial charge in [0, 0.05) is 5.69 Å². The first-order chi connectivity index (χ1) is 7.79. The van der Waals surface area contributed by atoms with Crippen LogP contribution in [-0.2, 0) is 4.79 Å². The summed E-state index contributed by atoms with van der Waals surface area (Å²) in [6.45, 7) is 0. The molecule has 0 aliphatic rings. The van der Waals surface area contributed by atoms with Crippen molar-refractivity contribution >= 4 is 11.6 Å². The maximum Gasteiger partial charge on any atom is 0.300 e. The number of terminal acetylenes is 1. The number of benzene rings is 1. The van der Waals surface area contributed by atoms with Gasteiger partial charge in [-0.15, -0.1) is 11.5 Å². The summed E-state index contributed by atoms with van der Waals surface area (Å²) in [6, 6.07) is 6.96. The number of carbonyl (C=O) groups is 1. The smallest absolute Gasteiger partial charge is 0.300 e. The Hall–Kier alpha value is -2.68. The molecule has 1 amide bonds. The molecule has 1 aromatic heterocycles. The van der Waals surface area contributed by atoms with Crippen LogP contribution >= 0.6 is 0 Å². The molecule has 2 aromatic rings. The van der Waals surface area contributed by atoms with Crippen molar-refractivity contribution in [1.29, 1.82) is 0 Å². The number of aromatic nitrogens is 4. The molecule has 0 unspecified atom stereocenters. The lowest BCUT2D eigenvalue weighted by Gasteiger charge is -2.02. The zero-order valence-electron chi connectivity index (χ0n) is 8.16. The standard InChI is InChI=1S/C10H7N5O/c1-2-10(16)12-8-3-5-9(6-4-8)15-7-11-13-14-15/h1,3-7H,(H,12,16). The minimum Gasteiger partial charge on any atom is -0.315 e. The largest absolute Gasteiger partial charge is 0.315 e. The second-order valence-electron chi connectivity index (χ2n) is 2.90. The third kappa shape index (κ3) is 2.04. The van der Waals surface area contributed by atoms with Crippen molar-refractivity contribution in [1.82, 2.24) is 20.2 Å². The van der Waals surface area contributed by atoms with E-state index in [0.717, 1.165) is 5.69 Å². The Kier molecular flexibility index (Phi) is 2.61. The number of amides is 1. The summed E-state index contributed by atoms with van der Waals surface area (Å²) >= 11 is 0. The van der Waals surface area contributed by atoms with Crippen LogP contribution in [0.5, 0.6) is 0 Å². The lowest BCUT2D eigenvalue weighted by atomic mass is 10.3. The third-order valence-electron chi connectivity index (χ3n) is 1.87. The van der Waals surface area contributed by atoms with Crippen LogP contribution in [0.4, 0.5) is 5.69 Å². The first-order valence-electron chi connectivity index (χ1n) is 4.40. The monoisotopic (exact) mass is 213 g/mol. The normalized spacial score (nSPS) is 9.44. The molecule has 0 saturated carbocycles. The van der Waals surface area contributed by atoms with Gasteiger partial charge in [-0.05, 0) is 40.6 Å². The predicted octanol–water partition coefficient (Wildman–Crippen LogP) is 0.234. The van der Waals surface area contributed by atoms with E-state index >= 15 is 0 Å². The third-order valence-corrected chi connectivity index (χ3v) is 1.87. The summed E-state index contributed by atoms with van der Waals surface area (Å²) in [4.78, 5) is 10.9. The van der Waals surface area contributed by atoms with Crippen LogP contribution in [0.2, 0.25) is 0 Å². The van der Waals surface area contributed by atoms with E-state index in [1.54, 1.807) is 24.3 Å². The predicted molar refractivity (Wildman–Crippen MR) is 56.6 cm³/mol. The van der Waals surface area contributed by atoms with Gasteiger partial charge < -0.3 is 5.32 Å². The second kappa shape index (κ2) is 4.23. The van der Waals surface area contributed by atoms with E-state index in [2.05, 4.69) is 20.8 Å². The Labute approximate surface area is 91.3 Å². The molecule has 78 valence electrons. The first kappa shape index (κ1) is 9.86. The minimum absolute atomic E-state index is 0.477. The highest BCUT2D eigenvalue weighted by atomic mass is 16.1. The summed E-state index contributed by atoms with van der Waals surface area (Å²) in [5.74, 6) is 1.49. The maximum atomic E-state index is 10.9. The van der Waals surface area contributed by atoms with Crippen LogP contribution < -0.4 is 5.32 Å². The van der Waals surface area contributed by atoms with E-state index in [9.17, 15) is 4.79 Å². The molecule has 1 aromatic carbocycles. The van der Waals surface area contributed by atoms with E-state index in [1.807, 2.05) is 5.92 Å². The number of nitrogens with zero attached hydrogens (tertiary/aromatic N) is 4. The van der Waals surface area contributed by atoms with Crippen LogP contribution in [0.1, 0.15) is 0 Å². The molecule has 0 aliphatic heterocycles. The Morgan fingerprint density at radius 2 is 2.12 bits per heavy atom. The summed E-state index contributed by atoms with van der Waals surface area (Å²) in [7, 11) is 0. The lowest BCUT2D eigenvalue weighted by molar-refractivity contribution is -0.111. The van der Waals surface area contributed by atoms with Gasteiger partial charge in [-0.25, -0.2) is 4.68 Å². The molecular weight excluding hydrogens is 206 g/mol. The molecule has 6 heteroatoms. The quantitative estimate of drug-likeness (QED) is 0.725. The molecule has 6 nitrogen and oxygen atoms in total. The van der Waals surface area contributed by atoms with Crippen LogP contribution in [0, 0.1) is 12.3 Å². The molecule has 0 bridgehead atoms. The lowest BCUT2D eigenvalue weighted by Crippen LogP contribution is -2.07. The molecule has 0 spiro atoms. The molecule has 0 saturated heterocycles. The fourth-order valence-corrected chi connectivity index (χ4v) is 1.14. The number of anilines is 1. The Bertz CT molecular complexity index is 523. The molecule has 1 heterocycles. The first-order valence-corrected chi connectivity index (χ1v) is 4.40. The van der Waals surface area contributed by atoms with Crippen LogP contribution in [-0.4, -0.2) is 26.1 Å². The van der Waals surface area contributed by atoms with Crippen molar-refractivity contribution in [2.75, 3.05) is 5.32 Å². The molecule has 16 heavy (non-hydrogen) atoms.